The molecule has 3 rings (SSSR count). The number of carbonyl (C=O) groups excluding carboxylic acids is 1. The van der Waals surface area contributed by atoms with Crippen molar-refractivity contribution in [2.45, 2.75) is 44.6 Å². The van der Waals surface area contributed by atoms with Gasteiger partial charge in [-0.25, -0.2) is 4.98 Å². The number of hydrogen-bond donors (Lipinski definition) is 0. The van der Waals surface area contributed by atoms with Crippen LogP contribution in [0.2, 0.25) is 0 Å². The van der Waals surface area contributed by atoms with E-state index >= 15 is 0 Å². The second-order valence-electron chi connectivity index (χ2n) is 6.46. The highest BCUT2D eigenvalue weighted by atomic mass is 32.2. The van der Waals surface area contributed by atoms with Gasteiger partial charge in [0.1, 0.15) is 11.9 Å². The van der Waals surface area contributed by atoms with Gasteiger partial charge in [0.15, 0.2) is 0 Å². The lowest BCUT2D eigenvalue weighted by atomic mass is 10.1. The van der Waals surface area contributed by atoms with Gasteiger partial charge in [-0.15, -0.1) is 11.8 Å². The maximum absolute atomic E-state index is 13.0. The maximum atomic E-state index is 13.0. The second kappa shape index (κ2) is 8.54. The van der Waals surface area contributed by atoms with Crippen molar-refractivity contribution in [3.63, 3.8) is 0 Å². The van der Waals surface area contributed by atoms with Crippen molar-refractivity contribution in [3.8, 4) is 5.88 Å². The van der Waals surface area contributed by atoms with Crippen molar-refractivity contribution in [1.29, 1.82) is 0 Å². The normalized spacial score (nSPS) is 17.2. The molecule has 1 atom stereocenters. The van der Waals surface area contributed by atoms with Gasteiger partial charge < -0.3 is 9.64 Å². The molecule has 1 unspecified atom stereocenters. The van der Waals surface area contributed by atoms with Crippen LogP contribution >= 0.6 is 11.8 Å². The lowest BCUT2D eigenvalue weighted by Crippen LogP contribution is -2.44. The average Bonchev–Trinajstić information content (AvgIpc) is 2.61. The minimum absolute atomic E-state index is 0.0348. The standard InChI is InChI=1S/C20H25N3O2S/c1-4-26-18-10-6-5-9-17(18)20(24)23-11-7-8-16(13-23)25-19-12-14(2)21-15(3)22-19/h5-6,9-10,12,16H,4,7-8,11,13H2,1-3H3. The number of aromatic nitrogens is 2. The number of hydrogen-bond acceptors (Lipinski definition) is 5. The summed E-state index contributed by atoms with van der Waals surface area (Å²) in [7, 11) is 0. The number of thioether (sulfide) groups is 1. The minimum Gasteiger partial charge on any atom is -0.472 e. The van der Waals surface area contributed by atoms with Crippen LogP contribution in [0, 0.1) is 13.8 Å². The van der Waals surface area contributed by atoms with E-state index in [4.69, 9.17) is 4.74 Å². The molecule has 0 radical (unpaired) electrons. The van der Waals surface area contributed by atoms with Crippen LogP contribution in [-0.4, -0.2) is 45.7 Å². The van der Waals surface area contributed by atoms with E-state index in [1.807, 2.05) is 49.1 Å². The van der Waals surface area contributed by atoms with Gasteiger partial charge in [-0.2, -0.15) is 4.98 Å². The Morgan fingerprint density at radius 1 is 1.31 bits per heavy atom. The highest BCUT2D eigenvalue weighted by molar-refractivity contribution is 7.99. The van der Waals surface area contributed by atoms with Gasteiger partial charge in [0.25, 0.3) is 5.91 Å². The molecule has 2 aromatic rings. The highest BCUT2D eigenvalue weighted by Gasteiger charge is 2.27. The Balaban J connectivity index is 1.71. The first-order chi connectivity index (χ1) is 12.6. The molecule has 0 bridgehead atoms. The van der Waals surface area contributed by atoms with Crippen LogP contribution in [0.5, 0.6) is 5.88 Å². The van der Waals surface area contributed by atoms with Crippen LogP contribution in [0.4, 0.5) is 0 Å². The molecule has 138 valence electrons. The third kappa shape index (κ3) is 4.55. The number of aryl methyl sites for hydroxylation is 2. The third-order valence-electron chi connectivity index (χ3n) is 4.31. The van der Waals surface area contributed by atoms with E-state index in [0.717, 1.165) is 41.3 Å². The summed E-state index contributed by atoms with van der Waals surface area (Å²) < 4.78 is 6.06. The zero-order valence-electron chi connectivity index (χ0n) is 15.6. The van der Waals surface area contributed by atoms with Crippen molar-refractivity contribution in [2.24, 2.45) is 0 Å². The molecule has 0 saturated carbocycles. The van der Waals surface area contributed by atoms with Crippen molar-refractivity contribution < 1.29 is 9.53 Å². The number of carbonyl (C=O) groups is 1. The van der Waals surface area contributed by atoms with Crippen LogP contribution in [0.1, 0.15) is 41.6 Å². The molecule has 1 aromatic carbocycles. The SMILES string of the molecule is CCSc1ccccc1C(=O)N1CCCC(Oc2cc(C)nc(C)n2)C1. The summed E-state index contributed by atoms with van der Waals surface area (Å²) in [6, 6.07) is 9.70. The molecule has 5 nitrogen and oxygen atoms in total. The molecule has 1 aromatic heterocycles. The molecule has 2 heterocycles. The lowest BCUT2D eigenvalue weighted by molar-refractivity contribution is 0.0523. The second-order valence-corrected chi connectivity index (χ2v) is 7.76. The Labute approximate surface area is 159 Å². The molecule has 1 saturated heterocycles. The van der Waals surface area contributed by atoms with Crippen molar-refractivity contribution in [2.75, 3.05) is 18.8 Å². The van der Waals surface area contributed by atoms with E-state index in [0.29, 0.717) is 18.2 Å². The maximum Gasteiger partial charge on any atom is 0.255 e. The van der Waals surface area contributed by atoms with E-state index < -0.39 is 0 Å². The first-order valence-electron chi connectivity index (χ1n) is 9.07. The highest BCUT2D eigenvalue weighted by Crippen LogP contribution is 2.25. The number of rotatable bonds is 5. The third-order valence-corrected chi connectivity index (χ3v) is 5.27. The van der Waals surface area contributed by atoms with Crippen LogP contribution in [-0.2, 0) is 0 Å². The summed E-state index contributed by atoms with van der Waals surface area (Å²) in [5.74, 6) is 2.33. The Hall–Kier alpha value is -2.08. The summed E-state index contributed by atoms with van der Waals surface area (Å²) in [4.78, 5) is 24.6. The van der Waals surface area contributed by atoms with Crippen LogP contribution < -0.4 is 4.74 Å². The molecule has 26 heavy (non-hydrogen) atoms. The molecular formula is C20H25N3O2S. The Morgan fingerprint density at radius 2 is 2.12 bits per heavy atom. The quantitative estimate of drug-likeness (QED) is 0.747. The fourth-order valence-corrected chi connectivity index (χ4v) is 4.02. The Kier molecular flexibility index (Phi) is 6.14. The van der Waals surface area contributed by atoms with Crippen LogP contribution in [0.25, 0.3) is 0 Å². The van der Waals surface area contributed by atoms with Gasteiger partial charge >= 0.3 is 0 Å². The Bertz CT molecular complexity index is 761. The van der Waals surface area contributed by atoms with E-state index in [2.05, 4.69) is 16.9 Å². The number of piperidine rings is 1. The summed E-state index contributed by atoms with van der Waals surface area (Å²) in [5.41, 5.74) is 1.68. The zero-order valence-corrected chi connectivity index (χ0v) is 16.4. The summed E-state index contributed by atoms with van der Waals surface area (Å²) in [6.45, 7) is 7.25. The number of nitrogens with zero attached hydrogens (tertiary/aromatic N) is 3. The molecule has 1 amide bonds. The lowest BCUT2D eigenvalue weighted by Gasteiger charge is -2.33. The van der Waals surface area contributed by atoms with Crippen LogP contribution in [0.15, 0.2) is 35.2 Å². The molecule has 1 fully saturated rings. The summed E-state index contributed by atoms with van der Waals surface area (Å²) in [5, 5.41) is 0. The fraction of sp³-hybridized carbons (Fsp3) is 0.450. The molecule has 1 aliphatic heterocycles. The van der Waals surface area contributed by atoms with Gasteiger partial charge in [-0.3, -0.25) is 4.79 Å². The van der Waals surface area contributed by atoms with E-state index in [9.17, 15) is 4.79 Å². The van der Waals surface area contributed by atoms with Gasteiger partial charge in [0, 0.05) is 23.2 Å². The largest absolute Gasteiger partial charge is 0.472 e. The van der Waals surface area contributed by atoms with Gasteiger partial charge in [0.2, 0.25) is 5.88 Å². The molecule has 0 N–H and O–H groups in total. The number of ether oxygens (including phenoxy) is 1. The number of amides is 1. The van der Waals surface area contributed by atoms with E-state index in [1.54, 1.807) is 11.8 Å². The first kappa shape index (κ1) is 18.7. The molecule has 1 aliphatic rings. The summed E-state index contributed by atoms with van der Waals surface area (Å²) >= 11 is 1.71. The van der Waals surface area contributed by atoms with Crippen molar-refractivity contribution in [3.05, 3.63) is 47.4 Å². The first-order valence-corrected chi connectivity index (χ1v) is 10.1. The Morgan fingerprint density at radius 3 is 2.88 bits per heavy atom. The molecule has 0 aliphatic carbocycles. The molecular weight excluding hydrogens is 346 g/mol. The summed E-state index contributed by atoms with van der Waals surface area (Å²) in [6.07, 6.45) is 1.83. The molecule has 6 heteroatoms. The van der Waals surface area contributed by atoms with Gasteiger partial charge in [-0.1, -0.05) is 19.1 Å². The van der Waals surface area contributed by atoms with Crippen LogP contribution in [0.3, 0.4) is 0 Å². The fourth-order valence-electron chi connectivity index (χ4n) is 3.23. The van der Waals surface area contributed by atoms with Gasteiger partial charge in [-0.05, 0) is 44.6 Å². The van der Waals surface area contributed by atoms with Crippen molar-refractivity contribution >= 4 is 17.7 Å². The smallest absolute Gasteiger partial charge is 0.255 e. The zero-order chi connectivity index (χ0) is 18.5. The topological polar surface area (TPSA) is 55.3 Å². The predicted molar refractivity (Wildman–Crippen MR) is 104 cm³/mol. The number of benzene rings is 1. The predicted octanol–water partition coefficient (Wildman–Crippen LogP) is 3.89. The molecule has 0 spiro atoms. The monoisotopic (exact) mass is 371 g/mol. The minimum atomic E-state index is -0.0348. The van der Waals surface area contributed by atoms with Crippen molar-refractivity contribution in [1.82, 2.24) is 14.9 Å². The van der Waals surface area contributed by atoms with E-state index in [-0.39, 0.29) is 12.0 Å². The number of likely N-dealkylation sites (tertiary alicyclic amines) is 1. The van der Waals surface area contributed by atoms with Gasteiger partial charge in [0.05, 0.1) is 12.1 Å². The van der Waals surface area contributed by atoms with E-state index in [1.165, 1.54) is 0 Å². The average molecular weight is 372 g/mol.